The molecule has 100 valence electrons. The highest BCUT2D eigenvalue weighted by atomic mass is 32.2. The number of rotatable bonds is 3. The number of benzene rings is 2. The number of fused-ring (bicyclic) bond motifs is 1. The SMILES string of the molecule is C[C@@H](O)c1ccnc(Sc2ccc3ccccc3c2)c1. The van der Waals surface area contributed by atoms with Gasteiger partial charge in [0.1, 0.15) is 5.03 Å². The van der Waals surface area contributed by atoms with E-state index in [4.69, 9.17) is 0 Å². The normalized spacial score (nSPS) is 12.5. The zero-order chi connectivity index (χ0) is 13.9. The molecule has 0 amide bonds. The number of aliphatic hydroxyl groups excluding tert-OH is 1. The molecule has 3 rings (SSSR count). The summed E-state index contributed by atoms with van der Waals surface area (Å²) in [6.07, 6.45) is 1.28. The Morgan fingerprint density at radius 1 is 1.00 bits per heavy atom. The summed E-state index contributed by atoms with van der Waals surface area (Å²) in [5.74, 6) is 0. The summed E-state index contributed by atoms with van der Waals surface area (Å²) in [6.45, 7) is 1.76. The van der Waals surface area contributed by atoms with Crippen molar-refractivity contribution in [1.29, 1.82) is 0 Å². The van der Waals surface area contributed by atoms with Gasteiger partial charge in [0.05, 0.1) is 6.10 Å². The maximum absolute atomic E-state index is 9.62. The van der Waals surface area contributed by atoms with E-state index in [1.165, 1.54) is 10.8 Å². The largest absolute Gasteiger partial charge is 0.389 e. The Morgan fingerprint density at radius 3 is 2.60 bits per heavy atom. The molecule has 0 fully saturated rings. The minimum atomic E-state index is -0.464. The van der Waals surface area contributed by atoms with Crippen molar-refractivity contribution in [2.45, 2.75) is 22.9 Å². The third kappa shape index (κ3) is 2.84. The van der Waals surface area contributed by atoms with Crippen LogP contribution in [0.4, 0.5) is 0 Å². The highest BCUT2D eigenvalue weighted by Gasteiger charge is 2.05. The molecule has 3 aromatic rings. The van der Waals surface area contributed by atoms with Crippen LogP contribution in [0.15, 0.2) is 70.7 Å². The zero-order valence-electron chi connectivity index (χ0n) is 11.2. The van der Waals surface area contributed by atoms with Crippen LogP contribution in [0.2, 0.25) is 0 Å². The molecular weight excluding hydrogens is 266 g/mol. The number of nitrogens with zero attached hydrogens (tertiary/aromatic N) is 1. The third-order valence-corrected chi connectivity index (χ3v) is 4.11. The van der Waals surface area contributed by atoms with Gasteiger partial charge in [-0.05, 0) is 47.5 Å². The molecule has 2 nitrogen and oxygen atoms in total. The Kier molecular flexibility index (Phi) is 3.72. The Bertz CT molecular complexity index is 740. The van der Waals surface area contributed by atoms with Crippen molar-refractivity contribution < 1.29 is 5.11 Å². The van der Waals surface area contributed by atoms with Crippen molar-refractivity contribution in [3.63, 3.8) is 0 Å². The van der Waals surface area contributed by atoms with Crippen molar-refractivity contribution in [1.82, 2.24) is 4.98 Å². The van der Waals surface area contributed by atoms with Gasteiger partial charge < -0.3 is 5.11 Å². The molecule has 0 aliphatic carbocycles. The van der Waals surface area contributed by atoms with Gasteiger partial charge in [-0.25, -0.2) is 4.98 Å². The molecule has 1 aromatic heterocycles. The van der Waals surface area contributed by atoms with Gasteiger partial charge in [0.2, 0.25) is 0 Å². The first kappa shape index (κ1) is 13.2. The number of aliphatic hydroxyl groups is 1. The summed E-state index contributed by atoms with van der Waals surface area (Å²) in [5, 5.41) is 13.0. The summed E-state index contributed by atoms with van der Waals surface area (Å²) < 4.78 is 0. The van der Waals surface area contributed by atoms with Crippen LogP contribution in [0.25, 0.3) is 10.8 Å². The van der Waals surface area contributed by atoms with Gasteiger partial charge in [0.15, 0.2) is 0 Å². The average Bonchev–Trinajstić information content (AvgIpc) is 2.47. The van der Waals surface area contributed by atoms with Gasteiger partial charge in [0.25, 0.3) is 0 Å². The smallest absolute Gasteiger partial charge is 0.101 e. The standard InChI is InChI=1S/C17H15NOS/c1-12(19)14-8-9-18-17(11-14)20-16-7-6-13-4-2-3-5-15(13)10-16/h2-12,19H,1H3/t12-/m1/s1. The van der Waals surface area contributed by atoms with Crippen LogP contribution in [-0.2, 0) is 0 Å². The molecule has 0 radical (unpaired) electrons. The Hall–Kier alpha value is -1.84. The van der Waals surface area contributed by atoms with E-state index in [-0.39, 0.29) is 0 Å². The highest BCUT2D eigenvalue weighted by molar-refractivity contribution is 7.99. The molecule has 0 bridgehead atoms. The number of hydrogen-bond donors (Lipinski definition) is 1. The van der Waals surface area contributed by atoms with Crippen molar-refractivity contribution in [2.75, 3.05) is 0 Å². The zero-order valence-corrected chi connectivity index (χ0v) is 12.0. The summed E-state index contributed by atoms with van der Waals surface area (Å²) in [4.78, 5) is 5.50. The van der Waals surface area contributed by atoms with Crippen LogP contribution >= 0.6 is 11.8 Å². The summed E-state index contributed by atoms with van der Waals surface area (Å²) >= 11 is 1.61. The molecule has 0 spiro atoms. The fraction of sp³-hybridized carbons (Fsp3) is 0.118. The minimum absolute atomic E-state index is 0.464. The van der Waals surface area contributed by atoms with E-state index < -0.39 is 6.10 Å². The molecule has 0 aliphatic rings. The van der Waals surface area contributed by atoms with Crippen LogP contribution in [0.1, 0.15) is 18.6 Å². The lowest BCUT2D eigenvalue weighted by molar-refractivity contribution is 0.199. The van der Waals surface area contributed by atoms with Crippen LogP contribution in [0.3, 0.4) is 0 Å². The van der Waals surface area contributed by atoms with Crippen LogP contribution < -0.4 is 0 Å². The van der Waals surface area contributed by atoms with Crippen molar-refractivity contribution in [3.05, 3.63) is 66.4 Å². The van der Waals surface area contributed by atoms with E-state index in [0.717, 1.165) is 15.5 Å². The molecule has 0 saturated carbocycles. The van der Waals surface area contributed by atoms with Crippen LogP contribution in [0.5, 0.6) is 0 Å². The minimum Gasteiger partial charge on any atom is -0.389 e. The van der Waals surface area contributed by atoms with E-state index in [9.17, 15) is 5.11 Å². The van der Waals surface area contributed by atoms with E-state index in [1.807, 2.05) is 24.3 Å². The van der Waals surface area contributed by atoms with Gasteiger partial charge in [0, 0.05) is 11.1 Å². The predicted octanol–water partition coefficient (Wildman–Crippen LogP) is 4.44. The molecule has 2 aromatic carbocycles. The first-order valence-electron chi connectivity index (χ1n) is 6.53. The second-order valence-corrected chi connectivity index (χ2v) is 5.81. The summed E-state index contributed by atoms with van der Waals surface area (Å²) in [6, 6.07) is 18.5. The lowest BCUT2D eigenvalue weighted by atomic mass is 10.1. The second kappa shape index (κ2) is 5.65. The molecule has 1 heterocycles. The molecular formula is C17H15NOS. The molecule has 3 heteroatoms. The van der Waals surface area contributed by atoms with Gasteiger partial charge >= 0.3 is 0 Å². The molecule has 0 aliphatic heterocycles. The van der Waals surface area contributed by atoms with E-state index >= 15 is 0 Å². The fourth-order valence-electron chi connectivity index (χ4n) is 2.09. The second-order valence-electron chi connectivity index (χ2n) is 4.71. The predicted molar refractivity (Wildman–Crippen MR) is 82.9 cm³/mol. The molecule has 0 unspecified atom stereocenters. The van der Waals surface area contributed by atoms with Crippen molar-refractivity contribution in [2.24, 2.45) is 0 Å². The van der Waals surface area contributed by atoms with E-state index in [0.29, 0.717) is 0 Å². The molecule has 1 atom stereocenters. The molecule has 1 N–H and O–H groups in total. The first-order valence-corrected chi connectivity index (χ1v) is 7.35. The fourth-order valence-corrected chi connectivity index (χ4v) is 2.96. The van der Waals surface area contributed by atoms with Gasteiger partial charge in [-0.1, -0.05) is 42.1 Å². The van der Waals surface area contributed by atoms with Crippen molar-refractivity contribution in [3.8, 4) is 0 Å². The third-order valence-electron chi connectivity index (χ3n) is 3.18. The lowest BCUT2D eigenvalue weighted by Gasteiger charge is -2.07. The van der Waals surface area contributed by atoms with Gasteiger partial charge in [-0.15, -0.1) is 0 Å². The Morgan fingerprint density at radius 2 is 1.80 bits per heavy atom. The first-order chi connectivity index (χ1) is 9.72. The topological polar surface area (TPSA) is 33.1 Å². The van der Waals surface area contributed by atoms with Gasteiger partial charge in [-0.3, -0.25) is 0 Å². The summed E-state index contributed by atoms with van der Waals surface area (Å²) in [7, 11) is 0. The number of pyridine rings is 1. The van der Waals surface area contributed by atoms with Gasteiger partial charge in [-0.2, -0.15) is 0 Å². The number of aromatic nitrogens is 1. The number of hydrogen-bond acceptors (Lipinski definition) is 3. The summed E-state index contributed by atoms with van der Waals surface area (Å²) in [5.41, 5.74) is 0.892. The maximum Gasteiger partial charge on any atom is 0.101 e. The average molecular weight is 281 g/mol. The maximum atomic E-state index is 9.62. The monoisotopic (exact) mass is 281 g/mol. The Balaban J connectivity index is 1.90. The van der Waals surface area contributed by atoms with Crippen LogP contribution in [-0.4, -0.2) is 10.1 Å². The quantitative estimate of drug-likeness (QED) is 0.770. The van der Waals surface area contributed by atoms with Crippen LogP contribution in [0, 0.1) is 0 Å². The van der Waals surface area contributed by atoms with E-state index in [1.54, 1.807) is 24.9 Å². The highest BCUT2D eigenvalue weighted by Crippen LogP contribution is 2.30. The lowest BCUT2D eigenvalue weighted by Crippen LogP contribution is -1.92. The van der Waals surface area contributed by atoms with E-state index in [2.05, 4.69) is 35.3 Å². The Labute approximate surface area is 122 Å². The molecule has 0 saturated heterocycles. The molecule has 20 heavy (non-hydrogen) atoms. The van der Waals surface area contributed by atoms with Crippen molar-refractivity contribution >= 4 is 22.5 Å².